The molecule has 110 valence electrons. The van der Waals surface area contributed by atoms with Crippen LogP contribution >= 0.6 is 15.9 Å². The van der Waals surface area contributed by atoms with Gasteiger partial charge in [-0.15, -0.1) is 0 Å². The number of halogens is 3. The van der Waals surface area contributed by atoms with Crippen molar-refractivity contribution < 1.29 is 8.78 Å². The van der Waals surface area contributed by atoms with Crippen LogP contribution in [0.3, 0.4) is 0 Å². The van der Waals surface area contributed by atoms with E-state index in [0.29, 0.717) is 16.8 Å². The quantitative estimate of drug-likeness (QED) is 0.692. The Bertz CT molecular complexity index is 468. The molecule has 2 atom stereocenters. The van der Waals surface area contributed by atoms with Crippen molar-refractivity contribution in [3.8, 4) is 0 Å². The van der Waals surface area contributed by atoms with Crippen molar-refractivity contribution >= 4 is 21.6 Å². The lowest BCUT2D eigenvalue weighted by molar-refractivity contribution is 0.201. The van der Waals surface area contributed by atoms with Gasteiger partial charge in [-0.05, 0) is 42.4 Å². The van der Waals surface area contributed by atoms with E-state index in [9.17, 15) is 8.78 Å². The van der Waals surface area contributed by atoms with Crippen LogP contribution in [0.4, 0.5) is 14.5 Å². The third kappa shape index (κ3) is 2.72. The first kappa shape index (κ1) is 14.3. The van der Waals surface area contributed by atoms with Crippen molar-refractivity contribution in [2.45, 2.75) is 37.4 Å². The van der Waals surface area contributed by atoms with Gasteiger partial charge in [-0.3, -0.25) is 0 Å². The molecule has 1 aromatic rings. The fourth-order valence-electron chi connectivity index (χ4n) is 3.80. The summed E-state index contributed by atoms with van der Waals surface area (Å²) >= 11 is 3.25. The Hall–Kier alpha value is -0.640. The summed E-state index contributed by atoms with van der Waals surface area (Å²) in [4.78, 5) is 1.93. The van der Waals surface area contributed by atoms with Crippen LogP contribution in [0.25, 0.3) is 0 Å². The van der Waals surface area contributed by atoms with Gasteiger partial charge in [-0.25, -0.2) is 8.78 Å². The number of hydrogen-bond donors (Lipinski definition) is 0. The summed E-state index contributed by atoms with van der Waals surface area (Å²) in [5.74, 6) is 0.544. The van der Waals surface area contributed by atoms with E-state index in [1.165, 1.54) is 37.8 Å². The van der Waals surface area contributed by atoms with Crippen molar-refractivity contribution in [3.05, 3.63) is 29.3 Å². The molecule has 0 radical (unpaired) electrons. The van der Waals surface area contributed by atoms with Crippen LogP contribution in [-0.4, -0.2) is 13.1 Å². The highest BCUT2D eigenvalue weighted by atomic mass is 79.9. The van der Waals surface area contributed by atoms with Gasteiger partial charge in [-0.1, -0.05) is 35.2 Å². The second kappa shape index (κ2) is 6.00. The third-order valence-electron chi connectivity index (χ3n) is 4.84. The largest absolute Gasteiger partial charge is 0.366 e. The summed E-state index contributed by atoms with van der Waals surface area (Å²) in [5.41, 5.74) is 0.829. The van der Waals surface area contributed by atoms with Gasteiger partial charge in [0.15, 0.2) is 0 Å². The van der Waals surface area contributed by atoms with Gasteiger partial charge in [0.05, 0.1) is 0 Å². The molecular weight excluding hydrogens is 324 g/mol. The fraction of sp³-hybridized carbons (Fsp3) is 0.625. The number of piperidine rings is 1. The first-order chi connectivity index (χ1) is 9.69. The molecule has 3 rings (SSSR count). The Morgan fingerprint density at radius 1 is 1.05 bits per heavy atom. The van der Waals surface area contributed by atoms with E-state index < -0.39 is 11.6 Å². The van der Waals surface area contributed by atoms with Gasteiger partial charge >= 0.3 is 0 Å². The second-order valence-corrected chi connectivity index (χ2v) is 6.64. The zero-order chi connectivity index (χ0) is 14.1. The number of fused-ring (bicyclic) bond motifs is 1. The summed E-state index contributed by atoms with van der Waals surface area (Å²) in [6.07, 6.45) is 6.17. The van der Waals surface area contributed by atoms with E-state index in [2.05, 4.69) is 15.9 Å². The van der Waals surface area contributed by atoms with E-state index in [1.807, 2.05) is 4.90 Å². The standard InChI is InChI=1S/C16H20BrF2N/c17-9-11-7-14(18)16(15(19)8-11)20-6-5-12-3-1-2-4-13(12)10-20/h7-8,12-13H,1-6,9-10H2. The first-order valence-corrected chi connectivity index (χ1v) is 8.60. The van der Waals surface area contributed by atoms with Gasteiger partial charge in [0.2, 0.25) is 0 Å². The average molecular weight is 344 g/mol. The van der Waals surface area contributed by atoms with Gasteiger partial charge in [0.25, 0.3) is 0 Å². The highest BCUT2D eigenvalue weighted by molar-refractivity contribution is 9.08. The van der Waals surface area contributed by atoms with Gasteiger partial charge in [-0.2, -0.15) is 0 Å². The maximum atomic E-state index is 14.2. The van der Waals surface area contributed by atoms with Crippen molar-refractivity contribution in [2.75, 3.05) is 18.0 Å². The minimum atomic E-state index is -0.422. The zero-order valence-corrected chi connectivity index (χ0v) is 13.1. The lowest BCUT2D eigenvalue weighted by Gasteiger charge is -2.42. The van der Waals surface area contributed by atoms with Crippen LogP contribution in [0.1, 0.15) is 37.7 Å². The molecule has 1 aromatic carbocycles. The number of anilines is 1. The van der Waals surface area contributed by atoms with Gasteiger partial charge in [0, 0.05) is 18.4 Å². The topological polar surface area (TPSA) is 3.24 Å². The Morgan fingerprint density at radius 3 is 2.35 bits per heavy atom. The van der Waals surface area contributed by atoms with Crippen LogP contribution in [-0.2, 0) is 5.33 Å². The molecule has 2 aliphatic rings. The molecule has 1 saturated carbocycles. The van der Waals surface area contributed by atoms with Crippen molar-refractivity contribution in [3.63, 3.8) is 0 Å². The molecular formula is C16H20BrF2N. The Labute approximate surface area is 127 Å². The maximum absolute atomic E-state index is 14.2. The molecule has 20 heavy (non-hydrogen) atoms. The van der Waals surface area contributed by atoms with Gasteiger partial charge in [0.1, 0.15) is 17.3 Å². The molecule has 0 spiro atoms. The lowest BCUT2D eigenvalue weighted by atomic mass is 9.75. The minimum Gasteiger partial charge on any atom is -0.366 e. The molecule has 0 amide bonds. The number of hydrogen-bond acceptors (Lipinski definition) is 1. The molecule has 1 saturated heterocycles. The molecule has 0 aromatic heterocycles. The van der Waals surface area contributed by atoms with E-state index in [-0.39, 0.29) is 5.69 Å². The van der Waals surface area contributed by atoms with Crippen LogP contribution in [0.2, 0.25) is 0 Å². The Kier molecular flexibility index (Phi) is 4.29. The molecule has 4 heteroatoms. The Balaban J connectivity index is 1.83. The van der Waals surface area contributed by atoms with E-state index in [1.54, 1.807) is 0 Å². The van der Waals surface area contributed by atoms with E-state index in [4.69, 9.17) is 0 Å². The van der Waals surface area contributed by atoms with Crippen molar-refractivity contribution in [1.29, 1.82) is 0 Å². The number of alkyl halides is 1. The molecule has 1 nitrogen and oxygen atoms in total. The molecule has 1 aliphatic carbocycles. The predicted octanol–water partition coefficient (Wildman–Crippen LogP) is 4.88. The summed E-state index contributed by atoms with van der Waals surface area (Å²) in [6, 6.07) is 2.89. The lowest BCUT2D eigenvalue weighted by Crippen LogP contribution is -2.42. The van der Waals surface area contributed by atoms with Crippen molar-refractivity contribution in [2.24, 2.45) is 11.8 Å². The molecule has 2 unspecified atom stereocenters. The molecule has 1 heterocycles. The monoisotopic (exact) mass is 343 g/mol. The van der Waals surface area contributed by atoms with Gasteiger partial charge < -0.3 is 4.90 Å². The molecule has 1 aliphatic heterocycles. The summed E-state index contributed by atoms with van der Waals surface area (Å²) in [5, 5.41) is 0.478. The SMILES string of the molecule is Fc1cc(CBr)cc(F)c1N1CCC2CCCCC2C1. The summed E-state index contributed by atoms with van der Waals surface area (Å²) in [6.45, 7) is 1.59. The number of rotatable bonds is 2. The van der Waals surface area contributed by atoms with Crippen LogP contribution in [0.15, 0.2) is 12.1 Å². The summed E-state index contributed by atoms with van der Waals surface area (Å²) in [7, 11) is 0. The van der Waals surface area contributed by atoms with E-state index in [0.717, 1.165) is 25.4 Å². The van der Waals surface area contributed by atoms with Crippen LogP contribution < -0.4 is 4.90 Å². The van der Waals surface area contributed by atoms with Crippen LogP contribution in [0.5, 0.6) is 0 Å². The second-order valence-electron chi connectivity index (χ2n) is 6.08. The minimum absolute atomic E-state index is 0.179. The Morgan fingerprint density at radius 2 is 1.70 bits per heavy atom. The third-order valence-corrected chi connectivity index (χ3v) is 5.49. The smallest absolute Gasteiger partial charge is 0.149 e. The zero-order valence-electron chi connectivity index (χ0n) is 11.5. The highest BCUT2D eigenvalue weighted by Crippen LogP contribution is 2.38. The van der Waals surface area contributed by atoms with E-state index >= 15 is 0 Å². The van der Waals surface area contributed by atoms with Crippen LogP contribution in [0, 0.1) is 23.5 Å². The highest BCUT2D eigenvalue weighted by Gasteiger charge is 2.33. The predicted molar refractivity (Wildman–Crippen MR) is 81.3 cm³/mol. The fourth-order valence-corrected chi connectivity index (χ4v) is 4.12. The molecule has 0 N–H and O–H groups in total. The normalized spacial score (nSPS) is 26.4. The number of nitrogens with zero attached hydrogens (tertiary/aromatic N) is 1. The maximum Gasteiger partial charge on any atom is 0.149 e. The molecule has 2 fully saturated rings. The van der Waals surface area contributed by atoms with Crippen molar-refractivity contribution in [1.82, 2.24) is 0 Å². The first-order valence-electron chi connectivity index (χ1n) is 7.48. The number of benzene rings is 1. The average Bonchev–Trinajstić information content (AvgIpc) is 2.46. The summed E-state index contributed by atoms with van der Waals surface area (Å²) < 4.78 is 28.4. The molecule has 0 bridgehead atoms.